The van der Waals surface area contributed by atoms with Crippen LogP contribution in [0.15, 0.2) is 18.5 Å². The van der Waals surface area contributed by atoms with E-state index in [1.807, 2.05) is 19.4 Å². The molecule has 1 aromatic heterocycles. The first kappa shape index (κ1) is 10.8. The summed E-state index contributed by atoms with van der Waals surface area (Å²) >= 11 is 0. The Hall–Kier alpha value is -1.29. The molecule has 4 rings (SSSR count). The Labute approximate surface area is 102 Å². The van der Waals surface area contributed by atoms with Gasteiger partial charge in [0.1, 0.15) is 0 Å². The van der Waals surface area contributed by atoms with E-state index in [4.69, 9.17) is 0 Å². The molecule has 3 fully saturated rings. The summed E-state index contributed by atoms with van der Waals surface area (Å²) in [6, 6.07) is 2.73. The minimum absolute atomic E-state index is 0.603. The van der Waals surface area contributed by atoms with Crippen LogP contribution >= 0.6 is 0 Å². The summed E-state index contributed by atoms with van der Waals surface area (Å²) in [5, 5.41) is 6.77. The Kier molecular flexibility index (Phi) is 2.89. The van der Waals surface area contributed by atoms with Gasteiger partial charge in [-0.15, -0.1) is 0 Å². The van der Waals surface area contributed by atoms with Gasteiger partial charge in [0, 0.05) is 19.6 Å². The van der Waals surface area contributed by atoms with Gasteiger partial charge in [-0.1, -0.05) is 0 Å². The fourth-order valence-electron chi connectivity index (χ4n) is 3.00. The van der Waals surface area contributed by atoms with Gasteiger partial charge in [-0.05, 0) is 37.9 Å². The normalized spacial score (nSPS) is 31.2. The van der Waals surface area contributed by atoms with E-state index in [2.05, 4.69) is 26.6 Å². The SMILES string of the molecule is CNc1cncc(NC2CN3CCC2CC3)c1. The van der Waals surface area contributed by atoms with E-state index < -0.39 is 0 Å². The van der Waals surface area contributed by atoms with Crippen LogP contribution in [0.2, 0.25) is 0 Å². The maximum Gasteiger partial charge on any atom is 0.0550 e. The van der Waals surface area contributed by atoms with E-state index in [-0.39, 0.29) is 0 Å². The second-order valence-corrected chi connectivity index (χ2v) is 5.10. The number of anilines is 2. The molecule has 4 nitrogen and oxygen atoms in total. The van der Waals surface area contributed by atoms with Crippen molar-refractivity contribution < 1.29 is 0 Å². The van der Waals surface area contributed by atoms with Crippen LogP contribution < -0.4 is 10.6 Å². The zero-order valence-electron chi connectivity index (χ0n) is 10.3. The summed E-state index contributed by atoms with van der Waals surface area (Å²) < 4.78 is 0. The molecule has 1 aromatic rings. The Morgan fingerprint density at radius 2 is 2.00 bits per heavy atom. The van der Waals surface area contributed by atoms with E-state index in [1.165, 1.54) is 32.5 Å². The van der Waals surface area contributed by atoms with E-state index >= 15 is 0 Å². The zero-order valence-corrected chi connectivity index (χ0v) is 10.3. The summed E-state index contributed by atoms with van der Waals surface area (Å²) in [6.07, 6.45) is 6.45. The molecule has 3 saturated heterocycles. The largest absolute Gasteiger partial charge is 0.387 e. The van der Waals surface area contributed by atoms with Crippen molar-refractivity contribution in [2.75, 3.05) is 37.3 Å². The third-order valence-corrected chi connectivity index (χ3v) is 4.04. The third kappa shape index (κ3) is 2.22. The molecule has 3 aliphatic rings. The Balaban J connectivity index is 1.70. The lowest BCUT2D eigenvalue weighted by Crippen LogP contribution is -2.53. The summed E-state index contributed by atoms with van der Waals surface area (Å²) in [4.78, 5) is 6.81. The second kappa shape index (κ2) is 4.53. The van der Waals surface area contributed by atoms with Crippen LogP contribution in [0, 0.1) is 5.92 Å². The average molecular weight is 232 g/mol. The molecule has 0 aromatic carbocycles. The third-order valence-electron chi connectivity index (χ3n) is 4.04. The van der Waals surface area contributed by atoms with Gasteiger partial charge in [0.25, 0.3) is 0 Å². The van der Waals surface area contributed by atoms with Gasteiger partial charge in [0.05, 0.1) is 23.8 Å². The molecular weight excluding hydrogens is 212 g/mol. The van der Waals surface area contributed by atoms with Gasteiger partial charge >= 0.3 is 0 Å². The monoisotopic (exact) mass is 232 g/mol. The molecule has 17 heavy (non-hydrogen) atoms. The number of hydrogen-bond donors (Lipinski definition) is 2. The second-order valence-electron chi connectivity index (χ2n) is 5.10. The minimum atomic E-state index is 0.603. The molecular formula is C13H20N4. The number of nitrogens with zero attached hydrogens (tertiary/aromatic N) is 2. The van der Waals surface area contributed by atoms with E-state index in [1.54, 1.807) is 0 Å². The fourth-order valence-corrected chi connectivity index (χ4v) is 3.00. The van der Waals surface area contributed by atoms with E-state index in [9.17, 15) is 0 Å². The van der Waals surface area contributed by atoms with E-state index in [0.29, 0.717) is 6.04 Å². The van der Waals surface area contributed by atoms with Gasteiger partial charge in [-0.25, -0.2) is 0 Å². The molecule has 0 saturated carbocycles. The standard InChI is InChI=1S/C13H20N4/c1-14-11-6-12(8-15-7-11)16-13-9-17-4-2-10(13)3-5-17/h6-8,10,13-14,16H,2-5,9H2,1H3. The molecule has 0 spiro atoms. The summed E-state index contributed by atoms with van der Waals surface area (Å²) in [7, 11) is 1.93. The van der Waals surface area contributed by atoms with Crippen molar-refractivity contribution in [2.24, 2.45) is 5.92 Å². The maximum atomic E-state index is 4.24. The highest BCUT2D eigenvalue weighted by atomic mass is 15.2. The van der Waals surface area contributed by atoms with E-state index in [0.717, 1.165) is 17.3 Å². The van der Waals surface area contributed by atoms with Crippen molar-refractivity contribution in [3.05, 3.63) is 18.5 Å². The lowest BCUT2D eigenvalue weighted by atomic mass is 9.84. The Morgan fingerprint density at radius 3 is 2.65 bits per heavy atom. The molecule has 92 valence electrons. The lowest BCUT2D eigenvalue weighted by molar-refractivity contribution is 0.0975. The summed E-state index contributed by atoms with van der Waals surface area (Å²) in [5.74, 6) is 0.846. The molecule has 0 radical (unpaired) electrons. The van der Waals surface area contributed by atoms with Gasteiger partial charge in [-0.2, -0.15) is 0 Å². The number of piperidine rings is 3. The van der Waals surface area contributed by atoms with Crippen molar-refractivity contribution in [1.82, 2.24) is 9.88 Å². The predicted molar refractivity (Wildman–Crippen MR) is 70.4 cm³/mol. The minimum Gasteiger partial charge on any atom is -0.387 e. The average Bonchev–Trinajstić information content (AvgIpc) is 2.40. The molecule has 1 unspecified atom stereocenters. The number of rotatable bonds is 3. The summed E-state index contributed by atoms with van der Waals surface area (Å²) in [6.45, 7) is 3.77. The highest BCUT2D eigenvalue weighted by molar-refractivity contribution is 5.54. The lowest BCUT2D eigenvalue weighted by Gasteiger charge is -2.45. The number of pyridine rings is 1. The molecule has 4 heteroatoms. The van der Waals surface area contributed by atoms with Gasteiger partial charge in [0.15, 0.2) is 0 Å². The fraction of sp³-hybridized carbons (Fsp3) is 0.615. The molecule has 0 amide bonds. The quantitative estimate of drug-likeness (QED) is 0.831. The highest BCUT2D eigenvalue weighted by Crippen LogP contribution is 2.29. The number of hydrogen-bond acceptors (Lipinski definition) is 4. The first-order valence-corrected chi connectivity index (χ1v) is 6.47. The van der Waals surface area contributed by atoms with Gasteiger partial charge in [0.2, 0.25) is 0 Å². The molecule has 0 aliphatic carbocycles. The van der Waals surface area contributed by atoms with Crippen molar-refractivity contribution in [3.63, 3.8) is 0 Å². The van der Waals surface area contributed by atoms with Crippen molar-refractivity contribution in [3.8, 4) is 0 Å². The molecule has 3 aliphatic heterocycles. The van der Waals surface area contributed by atoms with Crippen molar-refractivity contribution >= 4 is 11.4 Å². The van der Waals surface area contributed by atoms with Crippen LogP contribution in [0.1, 0.15) is 12.8 Å². The van der Waals surface area contributed by atoms with Crippen molar-refractivity contribution in [2.45, 2.75) is 18.9 Å². The van der Waals surface area contributed by atoms with Crippen LogP contribution in [-0.2, 0) is 0 Å². The number of nitrogens with one attached hydrogen (secondary N) is 2. The molecule has 2 N–H and O–H groups in total. The van der Waals surface area contributed by atoms with Crippen molar-refractivity contribution in [1.29, 1.82) is 0 Å². The topological polar surface area (TPSA) is 40.2 Å². The van der Waals surface area contributed by atoms with Gasteiger partial charge < -0.3 is 15.5 Å². The first-order chi connectivity index (χ1) is 8.35. The predicted octanol–water partition coefficient (Wildman–Crippen LogP) is 1.63. The number of fused-ring (bicyclic) bond motifs is 3. The van der Waals surface area contributed by atoms with Crippen LogP contribution in [0.5, 0.6) is 0 Å². The maximum absolute atomic E-state index is 4.24. The van der Waals surface area contributed by atoms with Crippen LogP contribution in [-0.4, -0.2) is 42.6 Å². The highest BCUT2D eigenvalue weighted by Gasteiger charge is 2.33. The molecule has 4 heterocycles. The molecule has 2 bridgehead atoms. The Morgan fingerprint density at radius 1 is 1.24 bits per heavy atom. The molecule has 1 atom stereocenters. The zero-order chi connectivity index (χ0) is 11.7. The van der Waals surface area contributed by atoms with Gasteiger partial charge in [-0.3, -0.25) is 4.98 Å². The first-order valence-electron chi connectivity index (χ1n) is 6.47. The van der Waals surface area contributed by atoms with Crippen LogP contribution in [0.4, 0.5) is 11.4 Å². The van der Waals surface area contributed by atoms with Crippen LogP contribution in [0.25, 0.3) is 0 Å². The smallest absolute Gasteiger partial charge is 0.0550 e. The van der Waals surface area contributed by atoms with Crippen LogP contribution in [0.3, 0.4) is 0 Å². The Bertz CT molecular complexity index is 385. The summed E-state index contributed by atoms with van der Waals surface area (Å²) in [5.41, 5.74) is 2.20. The number of aromatic nitrogens is 1.